The molecule has 0 aromatic heterocycles. The Kier molecular flexibility index (Phi) is 3.97. The Morgan fingerprint density at radius 1 is 1.29 bits per heavy atom. The zero-order valence-electron chi connectivity index (χ0n) is 11.4. The molecule has 94 valence electrons. The Labute approximate surface area is 119 Å². The summed E-state index contributed by atoms with van der Waals surface area (Å²) in [7, 11) is -1.79. The van der Waals surface area contributed by atoms with Crippen LogP contribution in [0.1, 0.15) is 20.8 Å². The fourth-order valence-electron chi connectivity index (χ4n) is 2.10. The predicted octanol–water partition coefficient (Wildman–Crippen LogP) is 4.41. The highest BCUT2D eigenvalue weighted by molar-refractivity contribution is 14.1. The van der Waals surface area contributed by atoms with Crippen LogP contribution < -0.4 is 0 Å². The summed E-state index contributed by atoms with van der Waals surface area (Å²) in [4.78, 5) is 0. The van der Waals surface area contributed by atoms with Gasteiger partial charge in [0.25, 0.3) is 0 Å². The van der Waals surface area contributed by atoms with E-state index in [0.29, 0.717) is 0 Å². The Morgan fingerprint density at radius 2 is 1.82 bits per heavy atom. The van der Waals surface area contributed by atoms with Crippen LogP contribution in [-0.2, 0) is 4.43 Å². The van der Waals surface area contributed by atoms with E-state index in [1.165, 1.54) is 3.58 Å². The van der Waals surface area contributed by atoms with Gasteiger partial charge in [-0.3, -0.25) is 0 Å². The number of halogens is 1. The van der Waals surface area contributed by atoms with Crippen molar-refractivity contribution in [3.63, 3.8) is 0 Å². The molecule has 0 aromatic carbocycles. The highest BCUT2D eigenvalue weighted by atomic mass is 127. The minimum atomic E-state index is -1.79. The van der Waals surface area contributed by atoms with E-state index in [1.54, 1.807) is 0 Å². The summed E-state index contributed by atoms with van der Waals surface area (Å²) in [6.07, 6.45) is 4.09. The Bertz CT molecular complexity index is 426. The molecule has 0 radical (unpaired) electrons. The van der Waals surface area contributed by atoms with E-state index in [-0.39, 0.29) is 5.41 Å². The smallest absolute Gasteiger partial charge is 0.186 e. The van der Waals surface area contributed by atoms with Crippen molar-refractivity contribution in [3.05, 3.63) is 21.3 Å². The first-order valence-corrected chi connectivity index (χ1v) is 10.2. The maximum atomic E-state index is 9.70. The van der Waals surface area contributed by atoms with Gasteiger partial charge in [-0.05, 0) is 54.7 Å². The van der Waals surface area contributed by atoms with Gasteiger partial charge in [0, 0.05) is 8.99 Å². The molecule has 0 N–H and O–H groups in total. The summed E-state index contributed by atoms with van der Waals surface area (Å²) in [6, 6.07) is 2.44. The maximum absolute atomic E-state index is 9.70. The maximum Gasteiger partial charge on any atom is 0.186 e. The molecule has 0 saturated heterocycles. The van der Waals surface area contributed by atoms with E-state index in [9.17, 15) is 5.26 Å². The fraction of sp³-hybridized carbons (Fsp3) is 0.615. The lowest BCUT2D eigenvalue weighted by Crippen LogP contribution is -2.53. The Morgan fingerprint density at radius 3 is 2.24 bits per heavy atom. The Balaban J connectivity index is 3.37. The lowest BCUT2D eigenvalue weighted by molar-refractivity contribution is 0.0600. The zero-order chi connectivity index (χ0) is 13.5. The second-order valence-corrected chi connectivity index (χ2v) is 11.6. The summed E-state index contributed by atoms with van der Waals surface area (Å²) in [6.45, 7) is 12.5. The van der Waals surface area contributed by atoms with E-state index in [0.717, 1.165) is 5.57 Å². The standard InChI is InChI=1S/C13H20INOSi/c1-10-7-8-11(14)12(2,3)13(10,9-15)16-17(4,5)6/h7-8H,1-6H3. The van der Waals surface area contributed by atoms with Crippen molar-refractivity contribution in [2.24, 2.45) is 5.41 Å². The second-order valence-electron chi connectivity index (χ2n) is 6.00. The van der Waals surface area contributed by atoms with Crippen LogP contribution in [0.25, 0.3) is 0 Å². The molecule has 0 saturated carbocycles. The van der Waals surface area contributed by atoms with Gasteiger partial charge < -0.3 is 4.43 Å². The highest BCUT2D eigenvalue weighted by Gasteiger charge is 2.53. The van der Waals surface area contributed by atoms with Crippen LogP contribution in [0, 0.1) is 16.7 Å². The van der Waals surface area contributed by atoms with Crippen LogP contribution in [0.4, 0.5) is 0 Å². The largest absolute Gasteiger partial charge is 0.396 e. The second kappa shape index (κ2) is 4.52. The van der Waals surface area contributed by atoms with Crippen molar-refractivity contribution in [1.29, 1.82) is 5.26 Å². The van der Waals surface area contributed by atoms with Crippen LogP contribution >= 0.6 is 22.6 Å². The van der Waals surface area contributed by atoms with E-state index >= 15 is 0 Å². The zero-order valence-corrected chi connectivity index (χ0v) is 14.5. The average Bonchev–Trinajstić information content (AvgIpc) is 2.18. The monoisotopic (exact) mass is 361 g/mol. The van der Waals surface area contributed by atoms with Gasteiger partial charge in [0.1, 0.15) is 6.07 Å². The Hall–Kier alpha value is -0.123. The van der Waals surface area contributed by atoms with E-state index in [1.807, 2.05) is 13.0 Å². The molecule has 0 fully saturated rings. The van der Waals surface area contributed by atoms with Gasteiger partial charge >= 0.3 is 0 Å². The van der Waals surface area contributed by atoms with Gasteiger partial charge in [0.2, 0.25) is 0 Å². The molecule has 0 aliphatic heterocycles. The topological polar surface area (TPSA) is 33.0 Å². The normalized spacial score (nSPS) is 28.1. The number of hydrogen-bond donors (Lipinski definition) is 0. The van der Waals surface area contributed by atoms with Gasteiger partial charge in [-0.25, -0.2) is 0 Å². The number of allylic oxidation sites excluding steroid dienone is 2. The summed E-state index contributed by atoms with van der Waals surface area (Å²) in [5.41, 5.74) is -0.0997. The molecule has 17 heavy (non-hydrogen) atoms. The lowest BCUT2D eigenvalue weighted by Gasteiger charge is -2.47. The van der Waals surface area contributed by atoms with Crippen LogP contribution in [0.5, 0.6) is 0 Å². The number of nitriles is 1. The number of rotatable bonds is 2. The van der Waals surface area contributed by atoms with Crippen molar-refractivity contribution < 1.29 is 4.43 Å². The van der Waals surface area contributed by atoms with Gasteiger partial charge in [-0.2, -0.15) is 5.26 Å². The van der Waals surface area contributed by atoms with E-state index in [4.69, 9.17) is 4.43 Å². The molecule has 0 aromatic rings. The first kappa shape index (κ1) is 14.9. The quantitative estimate of drug-likeness (QED) is 0.539. The SMILES string of the molecule is CC1=CC=C(I)C(C)(C)C1(C#N)O[Si](C)(C)C. The van der Waals surface area contributed by atoms with Gasteiger partial charge in [0.15, 0.2) is 13.9 Å². The lowest BCUT2D eigenvalue weighted by atomic mass is 9.69. The summed E-state index contributed by atoms with van der Waals surface area (Å²) < 4.78 is 7.44. The van der Waals surface area contributed by atoms with Crippen molar-refractivity contribution >= 4 is 30.9 Å². The predicted molar refractivity (Wildman–Crippen MR) is 82.4 cm³/mol. The molecule has 0 spiro atoms. The minimum Gasteiger partial charge on any atom is -0.396 e. The van der Waals surface area contributed by atoms with E-state index in [2.05, 4.69) is 68.2 Å². The molecular formula is C13H20INOSi. The third-order valence-electron chi connectivity index (χ3n) is 3.13. The third kappa shape index (κ3) is 2.51. The van der Waals surface area contributed by atoms with Gasteiger partial charge in [-0.1, -0.05) is 26.0 Å². The van der Waals surface area contributed by atoms with Crippen LogP contribution in [0.2, 0.25) is 19.6 Å². The highest BCUT2D eigenvalue weighted by Crippen LogP contribution is 2.50. The average molecular weight is 361 g/mol. The van der Waals surface area contributed by atoms with Crippen LogP contribution in [0.15, 0.2) is 21.3 Å². The number of hydrogen-bond acceptors (Lipinski definition) is 2. The summed E-state index contributed by atoms with van der Waals surface area (Å²) in [5, 5.41) is 9.70. The van der Waals surface area contributed by atoms with Crippen LogP contribution in [-0.4, -0.2) is 13.9 Å². The summed E-state index contributed by atoms with van der Waals surface area (Å²) in [5.74, 6) is 0. The van der Waals surface area contributed by atoms with Crippen molar-refractivity contribution in [3.8, 4) is 6.07 Å². The van der Waals surface area contributed by atoms with Crippen LogP contribution in [0.3, 0.4) is 0 Å². The molecule has 2 nitrogen and oxygen atoms in total. The van der Waals surface area contributed by atoms with Gasteiger partial charge in [-0.15, -0.1) is 0 Å². The molecule has 0 amide bonds. The van der Waals surface area contributed by atoms with Crippen molar-refractivity contribution in [2.75, 3.05) is 0 Å². The molecule has 1 atom stereocenters. The summed E-state index contributed by atoms with van der Waals surface area (Å²) >= 11 is 2.31. The molecule has 4 heteroatoms. The van der Waals surface area contributed by atoms with Crippen molar-refractivity contribution in [2.45, 2.75) is 46.0 Å². The third-order valence-corrected chi connectivity index (χ3v) is 5.76. The molecule has 1 rings (SSSR count). The fourth-order valence-corrected chi connectivity index (χ4v) is 4.04. The minimum absolute atomic E-state index is 0.290. The molecule has 1 aliphatic rings. The van der Waals surface area contributed by atoms with Gasteiger partial charge in [0.05, 0.1) is 0 Å². The molecule has 1 unspecified atom stereocenters. The van der Waals surface area contributed by atoms with E-state index < -0.39 is 13.9 Å². The first-order chi connectivity index (χ1) is 7.57. The first-order valence-electron chi connectivity index (χ1n) is 5.73. The molecule has 0 bridgehead atoms. The van der Waals surface area contributed by atoms with Crippen molar-refractivity contribution in [1.82, 2.24) is 0 Å². The molecule has 1 aliphatic carbocycles. The molecule has 0 heterocycles. The number of nitrogens with zero attached hydrogens (tertiary/aromatic N) is 1. The molecular weight excluding hydrogens is 341 g/mol.